The molecular formula is C17H26N6O3. The van der Waals surface area contributed by atoms with Crippen molar-refractivity contribution in [3.05, 3.63) is 18.5 Å². The number of nitrogens with one attached hydrogen (secondary N) is 2. The molecule has 1 aromatic heterocycles. The lowest BCUT2D eigenvalue weighted by atomic mass is 10.1. The standard InChI is InChI=1S/C17H26N6O3/c1-26-17(25)22-10-5-13(6-11-22)20-16(24)21-14-4-2-9-23(12-14)15-18-7-3-8-19-15/h3,7-8,13-14H,2,4-6,9-12H2,1H3,(H2,20,21,24). The number of carbonyl (C=O) groups is 2. The van der Waals surface area contributed by atoms with E-state index in [0.717, 1.165) is 32.2 Å². The van der Waals surface area contributed by atoms with Crippen LogP contribution in [0.1, 0.15) is 25.7 Å². The number of aromatic nitrogens is 2. The third-order valence-corrected chi connectivity index (χ3v) is 4.85. The highest BCUT2D eigenvalue weighted by atomic mass is 16.5. The monoisotopic (exact) mass is 362 g/mol. The smallest absolute Gasteiger partial charge is 0.409 e. The number of hydrogen-bond donors (Lipinski definition) is 2. The number of methoxy groups -OCH3 is 1. The van der Waals surface area contributed by atoms with Gasteiger partial charge in [0.15, 0.2) is 0 Å². The molecule has 2 saturated heterocycles. The average molecular weight is 362 g/mol. The molecule has 1 unspecified atom stereocenters. The number of urea groups is 1. The predicted octanol–water partition coefficient (Wildman–Crippen LogP) is 0.975. The van der Waals surface area contributed by atoms with Crippen molar-refractivity contribution in [1.82, 2.24) is 25.5 Å². The van der Waals surface area contributed by atoms with Crippen molar-refractivity contribution in [2.24, 2.45) is 0 Å². The molecule has 0 aliphatic carbocycles. The fraction of sp³-hybridized carbons (Fsp3) is 0.647. The molecule has 2 fully saturated rings. The first-order valence-corrected chi connectivity index (χ1v) is 9.07. The van der Waals surface area contributed by atoms with Gasteiger partial charge in [-0.15, -0.1) is 0 Å². The molecule has 9 heteroatoms. The summed E-state index contributed by atoms with van der Waals surface area (Å²) >= 11 is 0. The van der Waals surface area contributed by atoms with E-state index in [0.29, 0.717) is 25.6 Å². The lowest BCUT2D eigenvalue weighted by Crippen LogP contribution is -2.54. The Balaban J connectivity index is 1.43. The normalized spacial score (nSPS) is 21.2. The molecule has 2 aliphatic heterocycles. The van der Waals surface area contributed by atoms with Gasteiger partial charge < -0.3 is 25.2 Å². The van der Waals surface area contributed by atoms with E-state index >= 15 is 0 Å². The number of rotatable bonds is 3. The molecule has 1 atom stereocenters. The second-order valence-corrected chi connectivity index (χ2v) is 6.68. The molecule has 26 heavy (non-hydrogen) atoms. The van der Waals surface area contributed by atoms with Crippen LogP contribution in [0.15, 0.2) is 18.5 Å². The Morgan fingerprint density at radius 3 is 2.46 bits per heavy atom. The summed E-state index contributed by atoms with van der Waals surface area (Å²) in [4.78, 5) is 36.1. The minimum Gasteiger partial charge on any atom is -0.453 e. The summed E-state index contributed by atoms with van der Waals surface area (Å²) in [6, 6.07) is 1.79. The number of carbonyl (C=O) groups excluding carboxylic acids is 2. The van der Waals surface area contributed by atoms with Gasteiger partial charge in [0.1, 0.15) is 0 Å². The first kappa shape index (κ1) is 18.2. The largest absolute Gasteiger partial charge is 0.453 e. The van der Waals surface area contributed by atoms with Crippen LogP contribution in [0, 0.1) is 0 Å². The molecule has 2 aliphatic rings. The predicted molar refractivity (Wildman–Crippen MR) is 95.9 cm³/mol. The van der Waals surface area contributed by atoms with Crippen molar-refractivity contribution in [3.8, 4) is 0 Å². The zero-order valence-corrected chi connectivity index (χ0v) is 15.1. The van der Waals surface area contributed by atoms with Gasteiger partial charge in [-0.2, -0.15) is 0 Å². The summed E-state index contributed by atoms with van der Waals surface area (Å²) in [6.07, 6.45) is 6.55. The second-order valence-electron chi connectivity index (χ2n) is 6.68. The van der Waals surface area contributed by atoms with Gasteiger partial charge in [0.2, 0.25) is 5.95 Å². The van der Waals surface area contributed by atoms with Gasteiger partial charge in [0.25, 0.3) is 0 Å². The number of anilines is 1. The highest BCUT2D eigenvalue weighted by molar-refractivity contribution is 5.74. The summed E-state index contributed by atoms with van der Waals surface area (Å²) in [5.74, 6) is 0.703. The van der Waals surface area contributed by atoms with Crippen molar-refractivity contribution in [2.45, 2.75) is 37.8 Å². The van der Waals surface area contributed by atoms with Gasteiger partial charge in [0, 0.05) is 50.7 Å². The number of amides is 3. The van der Waals surface area contributed by atoms with Crippen LogP contribution in [0.2, 0.25) is 0 Å². The molecule has 3 heterocycles. The SMILES string of the molecule is COC(=O)N1CCC(NC(=O)NC2CCCN(c3ncccn3)C2)CC1. The van der Waals surface area contributed by atoms with E-state index in [1.165, 1.54) is 7.11 Å². The van der Waals surface area contributed by atoms with Crippen LogP contribution in [0.5, 0.6) is 0 Å². The van der Waals surface area contributed by atoms with Gasteiger partial charge in [-0.25, -0.2) is 19.6 Å². The molecule has 9 nitrogen and oxygen atoms in total. The van der Waals surface area contributed by atoms with Gasteiger partial charge in [0.05, 0.1) is 7.11 Å². The van der Waals surface area contributed by atoms with E-state index in [9.17, 15) is 9.59 Å². The Kier molecular flexibility index (Phi) is 6.08. The van der Waals surface area contributed by atoms with Crippen LogP contribution in [-0.2, 0) is 4.74 Å². The summed E-state index contributed by atoms with van der Waals surface area (Å²) in [7, 11) is 1.38. The molecule has 1 aromatic rings. The van der Waals surface area contributed by atoms with Crippen LogP contribution < -0.4 is 15.5 Å². The maximum Gasteiger partial charge on any atom is 0.409 e. The van der Waals surface area contributed by atoms with Crippen LogP contribution in [0.4, 0.5) is 15.5 Å². The van der Waals surface area contributed by atoms with Gasteiger partial charge >= 0.3 is 12.1 Å². The molecular weight excluding hydrogens is 336 g/mol. The molecule has 0 radical (unpaired) electrons. The summed E-state index contributed by atoms with van der Waals surface area (Å²) in [5.41, 5.74) is 0. The lowest BCUT2D eigenvalue weighted by molar-refractivity contribution is 0.110. The van der Waals surface area contributed by atoms with Crippen LogP contribution in [0.3, 0.4) is 0 Å². The van der Waals surface area contributed by atoms with Crippen LogP contribution in [-0.4, -0.2) is 72.4 Å². The zero-order chi connectivity index (χ0) is 18.4. The van der Waals surface area contributed by atoms with Gasteiger partial charge in [-0.05, 0) is 31.7 Å². The van der Waals surface area contributed by atoms with Crippen molar-refractivity contribution < 1.29 is 14.3 Å². The Morgan fingerprint density at radius 2 is 1.77 bits per heavy atom. The highest BCUT2D eigenvalue weighted by Gasteiger charge is 2.26. The van der Waals surface area contributed by atoms with E-state index < -0.39 is 0 Å². The number of nitrogens with zero attached hydrogens (tertiary/aromatic N) is 4. The quantitative estimate of drug-likeness (QED) is 0.831. The topological polar surface area (TPSA) is 99.7 Å². The van der Waals surface area contributed by atoms with Gasteiger partial charge in [-0.1, -0.05) is 0 Å². The highest BCUT2D eigenvalue weighted by Crippen LogP contribution is 2.15. The molecule has 0 saturated carbocycles. The van der Waals surface area contributed by atoms with E-state index in [1.54, 1.807) is 23.4 Å². The molecule has 3 rings (SSSR count). The van der Waals surface area contributed by atoms with E-state index in [2.05, 4.69) is 25.5 Å². The number of likely N-dealkylation sites (tertiary alicyclic amines) is 1. The Hall–Kier alpha value is -2.58. The van der Waals surface area contributed by atoms with Crippen LogP contribution in [0.25, 0.3) is 0 Å². The van der Waals surface area contributed by atoms with E-state index in [4.69, 9.17) is 4.74 Å². The fourth-order valence-electron chi connectivity index (χ4n) is 3.48. The Labute approximate surface area is 153 Å². The number of piperidine rings is 2. The van der Waals surface area contributed by atoms with Gasteiger partial charge in [-0.3, -0.25) is 0 Å². The fourth-order valence-corrected chi connectivity index (χ4v) is 3.48. The zero-order valence-electron chi connectivity index (χ0n) is 15.1. The Morgan fingerprint density at radius 1 is 1.08 bits per heavy atom. The molecule has 0 aromatic carbocycles. The van der Waals surface area contributed by atoms with Crippen molar-refractivity contribution in [3.63, 3.8) is 0 Å². The summed E-state index contributed by atoms with van der Waals surface area (Å²) < 4.78 is 4.73. The minimum atomic E-state index is -0.307. The average Bonchev–Trinajstić information content (AvgIpc) is 2.69. The second kappa shape index (κ2) is 8.68. The first-order valence-electron chi connectivity index (χ1n) is 9.07. The Bertz CT molecular complexity index is 606. The lowest BCUT2D eigenvalue weighted by Gasteiger charge is -2.34. The molecule has 142 valence electrons. The van der Waals surface area contributed by atoms with E-state index in [-0.39, 0.29) is 24.2 Å². The first-order chi connectivity index (χ1) is 12.7. The minimum absolute atomic E-state index is 0.0720. The summed E-state index contributed by atoms with van der Waals surface area (Å²) in [6.45, 7) is 2.80. The third kappa shape index (κ3) is 4.74. The van der Waals surface area contributed by atoms with E-state index in [1.807, 2.05) is 0 Å². The maximum atomic E-state index is 12.3. The molecule has 0 spiro atoms. The van der Waals surface area contributed by atoms with Crippen molar-refractivity contribution >= 4 is 18.1 Å². The summed E-state index contributed by atoms with van der Waals surface area (Å²) in [5, 5.41) is 6.08. The molecule has 0 bridgehead atoms. The molecule has 2 N–H and O–H groups in total. The van der Waals surface area contributed by atoms with Crippen molar-refractivity contribution in [1.29, 1.82) is 0 Å². The van der Waals surface area contributed by atoms with Crippen molar-refractivity contribution in [2.75, 3.05) is 38.2 Å². The maximum absolute atomic E-state index is 12.3. The number of ether oxygens (including phenoxy) is 1. The molecule has 3 amide bonds. The number of hydrogen-bond acceptors (Lipinski definition) is 6. The van der Waals surface area contributed by atoms with Crippen LogP contribution >= 0.6 is 0 Å². The third-order valence-electron chi connectivity index (χ3n) is 4.85.